The van der Waals surface area contributed by atoms with Gasteiger partial charge >= 0.3 is 18.1 Å². The Labute approximate surface area is 119 Å². The van der Waals surface area contributed by atoms with Crippen molar-refractivity contribution >= 4 is 33.8 Å². The van der Waals surface area contributed by atoms with Crippen molar-refractivity contribution in [2.45, 2.75) is 26.1 Å². The van der Waals surface area contributed by atoms with Crippen LogP contribution in [0.2, 0.25) is 0 Å². The maximum absolute atomic E-state index is 12.5. The standard InChI is InChI=1S/C10H9BrF3N3O3/c1-4(2)17(8(20)10(12,13)14)9-15-3-5(11)6(16-9)7(18)19/h3-4H,1-2H3,(H,18,19). The number of rotatable bonds is 3. The topological polar surface area (TPSA) is 83.4 Å². The van der Waals surface area contributed by atoms with E-state index >= 15 is 0 Å². The second-order valence-electron chi connectivity index (χ2n) is 3.94. The van der Waals surface area contributed by atoms with Gasteiger partial charge in [0.15, 0.2) is 5.69 Å². The fourth-order valence-electron chi connectivity index (χ4n) is 1.32. The molecule has 1 heterocycles. The number of hydrogen-bond acceptors (Lipinski definition) is 4. The first-order chi connectivity index (χ1) is 9.05. The van der Waals surface area contributed by atoms with Crippen LogP contribution in [0.15, 0.2) is 10.7 Å². The summed E-state index contributed by atoms with van der Waals surface area (Å²) in [5.74, 6) is -4.24. The molecule has 0 aliphatic rings. The Morgan fingerprint density at radius 1 is 1.40 bits per heavy atom. The van der Waals surface area contributed by atoms with E-state index in [9.17, 15) is 22.8 Å². The van der Waals surface area contributed by atoms with E-state index in [0.717, 1.165) is 6.20 Å². The number of nitrogens with zero attached hydrogens (tertiary/aromatic N) is 3. The molecular formula is C10H9BrF3N3O3. The predicted molar refractivity (Wildman–Crippen MR) is 65.4 cm³/mol. The highest BCUT2D eigenvalue weighted by atomic mass is 79.9. The van der Waals surface area contributed by atoms with E-state index in [4.69, 9.17) is 5.11 Å². The molecule has 0 saturated carbocycles. The molecule has 1 aromatic heterocycles. The van der Waals surface area contributed by atoms with Gasteiger partial charge in [-0.3, -0.25) is 9.69 Å². The molecule has 1 N–H and O–H groups in total. The highest BCUT2D eigenvalue weighted by Gasteiger charge is 2.45. The van der Waals surface area contributed by atoms with Crippen LogP contribution >= 0.6 is 15.9 Å². The highest BCUT2D eigenvalue weighted by molar-refractivity contribution is 9.10. The van der Waals surface area contributed by atoms with E-state index in [0.29, 0.717) is 4.90 Å². The lowest BCUT2D eigenvalue weighted by molar-refractivity contribution is -0.170. The zero-order valence-corrected chi connectivity index (χ0v) is 11.9. The molecule has 0 fully saturated rings. The zero-order valence-electron chi connectivity index (χ0n) is 10.3. The van der Waals surface area contributed by atoms with E-state index in [2.05, 4.69) is 25.9 Å². The lowest BCUT2D eigenvalue weighted by Crippen LogP contribution is -2.46. The molecule has 0 bridgehead atoms. The third-order valence-corrected chi connectivity index (χ3v) is 2.71. The van der Waals surface area contributed by atoms with Crippen LogP contribution in [0.25, 0.3) is 0 Å². The van der Waals surface area contributed by atoms with Crippen LogP contribution in [0.3, 0.4) is 0 Å². The van der Waals surface area contributed by atoms with E-state index in [1.807, 2.05) is 0 Å². The molecule has 1 rings (SSSR count). The summed E-state index contributed by atoms with van der Waals surface area (Å²) in [5.41, 5.74) is -0.532. The number of alkyl halides is 3. The molecule has 1 aromatic rings. The van der Waals surface area contributed by atoms with Crippen LogP contribution in [0.1, 0.15) is 24.3 Å². The fourth-order valence-corrected chi connectivity index (χ4v) is 1.68. The number of carboxylic acid groups (broad SMARTS) is 1. The van der Waals surface area contributed by atoms with Crippen molar-refractivity contribution in [1.29, 1.82) is 0 Å². The molecule has 110 valence electrons. The lowest BCUT2D eigenvalue weighted by atomic mass is 10.3. The Hall–Kier alpha value is -1.71. The number of anilines is 1. The minimum atomic E-state index is -5.11. The number of halogens is 4. The van der Waals surface area contributed by atoms with E-state index in [-0.39, 0.29) is 4.47 Å². The average Bonchev–Trinajstić information content (AvgIpc) is 2.29. The van der Waals surface area contributed by atoms with Gasteiger partial charge in [-0.2, -0.15) is 13.2 Å². The van der Waals surface area contributed by atoms with Gasteiger partial charge in [-0.25, -0.2) is 14.8 Å². The minimum Gasteiger partial charge on any atom is -0.476 e. The van der Waals surface area contributed by atoms with E-state index in [1.165, 1.54) is 13.8 Å². The van der Waals surface area contributed by atoms with Crippen LogP contribution in [0.4, 0.5) is 19.1 Å². The van der Waals surface area contributed by atoms with Crippen molar-refractivity contribution in [3.05, 3.63) is 16.4 Å². The van der Waals surface area contributed by atoms with Gasteiger partial charge in [-0.05, 0) is 29.8 Å². The fraction of sp³-hybridized carbons (Fsp3) is 0.400. The normalized spacial score (nSPS) is 11.6. The van der Waals surface area contributed by atoms with Crippen LogP contribution < -0.4 is 4.90 Å². The first-order valence-corrected chi connectivity index (χ1v) is 6.01. The summed E-state index contributed by atoms with van der Waals surface area (Å²) in [5, 5.41) is 8.86. The van der Waals surface area contributed by atoms with Gasteiger partial charge in [0.25, 0.3) is 0 Å². The molecule has 0 saturated heterocycles. The van der Waals surface area contributed by atoms with Crippen LogP contribution in [-0.2, 0) is 4.79 Å². The van der Waals surface area contributed by atoms with Gasteiger partial charge in [-0.1, -0.05) is 0 Å². The number of carboxylic acids is 1. The molecule has 10 heteroatoms. The summed E-state index contributed by atoms with van der Waals surface area (Å²) in [7, 11) is 0. The van der Waals surface area contributed by atoms with Crippen molar-refractivity contribution in [2.24, 2.45) is 0 Å². The van der Waals surface area contributed by atoms with Gasteiger partial charge in [0.1, 0.15) is 0 Å². The van der Waals surface area contributed by atoms with Gasteiger partial charge in [0.05, 0.1) is 4.47 Å². The largest absolute Gasteiger partial charge is 0.476 e. The van der Waals surface area contributed by atoms with Crippen molar-refractivity contribution < 1.29 is 27.9 Å². The summed E-state index contributed by atoms with van der Waals surface area (Å²) >= 11 is 2.86. The third kappa shape index (κ3) is 3.44. The third-order valence-electron chi connectivity index (χ3n) is 2.13. The SMILES string of the molecule is CC(C)N(C(=O)C(F)(F)F)c1ncc(Br)c(C(=O)O)n1. The van der Waals surface area contributed by atoms with Crippen molar-refractivity contribution in [2.75, 3.05) is 4.90 Å². The molecule has 0 unspecified atom stereocenters. The molecular weight excluding hydrogens is 347 g/mol. The maximum atomic E-state index is 12.5. The average molecular weight is 356 g/mol. The summed E-state index contributed by atoms with van der Waals surface area (Å²) in [6.07, 6.45) is -4.13. The Morgan fingerprint density at radius 2 is 1.95 bits per heavy atom. The number of aromatic nitrogens is 2. The Morgan fingerprint density at radius 3 is 2.35 bits per heavy atom. The first-order valence-electron chi connectivity index (χ1n) is 5.22. The number of aromatic carboxylic acids is 1. The van der Waals surface area contributed by atoms with Gasteiger partial charge < -0.3 is 5.11 Å². The summed E-state index contributed by atoms with van der Waals surface area (Å²) < 4.78 is 37.5. The smallest absolute Gasteiger partial charge is 0.471 e. The molecule has 0 aromatic carbocycles. The summed E-state index contributed by atoms with van der Waals surface area (Å²) in [6, 6.07) is -0.896. The highest BCUT2D eigenvalue weighted by Crippen LogP contribution is 2.24. The van der Waals surface area contributed by atoms with Gasteiger partial charge in [0, 0.05) is 12.2 Å². The molecule has 6 nitrogen and oxygen atoms in total. The lowest BCUT2D eigenvalue weighted by Gasteiger charge is -2.25. The predicted octanol–water partition coefficient (Wildman–Crippen LogP) is 2.24. The quantitative estimate of drug-likeness (QED) is 0.898. The minimum absolute atomic E-state index is 0.00286. The van der Waals surface area contributed by atoms with Crippen molar-refractivity contribution in [1.82, 2.24) is 9.97 Å². The van der Waals surface area contributed by atoms with Gasteiger partial charge in [-0.15, -0.1) is 0 Å². The first kappa shape index (κ1) is 16.3. The Bertz CT molecular complexity index is 548. The molecule has 0 atom stereocenters. The summed E-state index contributed by atoms with van der Waals surface area (Å²) in [6.45, 7) is 2.66. The van der Waals surface area contributed by atoms with Crippen molar-refractivity contribution in [3.63, 3.8) is 0 Å². The molecule has 20 heavy (non-hydrogen) atoms. The van der Waals surface area contributed by atoms with Crippen LogP contribution in [0, 0.1) is 0 Å². The van der Waals surface area contributed by atoms with Crippen LogP contribution in [0.5, 0.6) is 0 Å². The maximum Gasteiger partial charge on any atom is 0.471 e. The second kappa shape index (κ2) is 5.73. The number of amides is 1. The number of carbonyl (C=O) groups excluding carboxylic acids is 1. The molecule has 0 aliphatic carbocycles. The molecule has 0 radical (unpaired) electrons. The Balaban J connectivity index is 3.34. The molecule has 0 aliphatic heterocycles. The Kier molecular flexibility index (Phi) is 4.69. The van der Waals surface area contributed by atoms with E-state index < -0.39 is 35.7 Å². The number of hydrogen-bond donors (Lipinski definition) is 1. The second-order valence-corrected chi connectivity index (χ2v) is 4.79. The monoisotopic (exact) mass is 355 g/mol. The van der Waals surface area contributed by atoms with Gasteiger partial charge in [0.2, 0.25) is 5.95 Å². The van der Waals surface area contributed by atoms with Crippen molar-refractivity contribution in [3.8, 4) is 0 Å². The number of carbonyl (C=O) groups is 2. The summed E-state index contributed by atoms with van der Waals surface area (Å²) in [4.78, 5) is 29.5. The van der Waals surface area contributed by atoms with Crippen LogP contribution in [-0.4, -0.2) is 39.2 Å². The molecule has 0 spiro atoms. The van der Waals surface area contributed by atoms with E-state index in [1.54, 1.807) is 0 Å². The zero-order chi connectivity index (χ0) is 15.7. The molecule has 1 amide bonds.